The molecule has 5 nitrogen and oxygen atoms in total. The molecule has 1 aliphatic heterocycles. The molecule has 32 heavy (non-hydrogen) atoms. The number of amides is 1. The van der Waals surface area contributed by atoms with Crippen LogP contribution in [0.25, 0.3) is 11.0 Å². The van der Waals surface area contributed by atoms with E-state index < -0.39 is 0 Å². The highest BCUT2D eigenvalue weighted by atomic mass is 16.5. The lowest BCUT2D eigenvalue weighted by Crippen LogP contribution is -2.26. The molecule has 1 atom stereocenters. The van der Waals surface area contributed by atoms with Crippen molar-refractivity contribution in [3.63, 3.8) is 0 Å². The second-order valence-electron chi connectivity index (χ2n) is 9.25. The smallest absolute Gasteiger partial charge is 0.223 e. The van der Waals surface area contributed by atoms with Crippen molar-refractivity contribution in [1.82, 2.24) is 14.5 Å². The molecule has 0 radical (unpaired) electrons. The van der Waals surface area contributed by atoms with Crippen LogP contribution in [0, 0.1) is 6.92 Å². The van der Waals surface area contributed by atoms with E-state index in [-0.39, 0.29) is 11.8 Å². The molecule has 5 heteroatoms. The molecule has 4 rings (SSSR count). The Hall–Kier alpha value is -2.82. The van der Waals surface area contributed by atoms with Gasteiger partial charge in [0.2, 0.25) is 5.91 Å². The summed E-state index contributed by atoms with van der Waals surface area (Å²) < 4.78 is 8.55. The highest BCUT2D eigenvalue weighted by molar-refractivity contribution is 5.80. The van der Waals surface area contributed by atoms with E-state index in [1.165, 1.54) is 11.1 Å². The van der Waals surface area contributed by atoms with Crippen molar-refractivity contribution in [2.75, 3.05) is 19.7 Å². The molecule has 2 aromatic carbocycles. The Kier molecular flexibility index (Phi) is 6.83. The van der Waals surface area contributed by atoms with Crippen LogP contribution in [0.3, 0.4) is 0 Å². The van der Waals surface area contributed by atoms with E-state index >= 15 is 0 Å². The Morgan fingerprint density at radius 3 is 2.75 bits per heavy atom. The third-order valence-electron chi connectivity index (χ3n) is 6.41. The molecule has 0 N–H and O–H groups in total. The maximum absolute atomic E-state index is 12.6. The van der Waals surface area contributed by atoms with Crippen LogP contribution in [0.1, 0.15) is 68.8 Å². The number of hydrogen-bond donors (Lipinski definition) is 0. The van der Waals surface area contributed by atoms with Crippen LogP contribution in [0.4, 0.5) is 0 Å². The average molecular weight is 434 g/mol. The van der Waals surface area contributed by atoms with Crippen molar-refractivity contribution in [3.05, 3.63) is 59.4 Å². The Morgan fingerprint density at radius 1 is 1.16 bits per heavy atom. The van der Waals surface area contributed by atoms with Gasteiger partial charge in [0.15, 0.2) is 0 Å². The van der Waals surface area contributed by atoms with Crippen LogP contribution in [-0.4, -0.2) is 40.1 Å². The predicted octanol–water partition coefficient (Wildman–Crippen LogP) is 5.66. The third kappa shape index (κ3) is 4.67. The maximum Gasteiger partial charge on any atom is 0.223 e. The van der Waals surface area contributed by atoms with E-state index in [4.69, 9.17) is 9.72 Å². The second-order valence-corrected chi connectivity index (χ2v) is 9.25. The molecule has 2 heterocycles. The number of benzene rings is 2. The molecule has 1 fully saturated rings. The summed E-state index contributed by atoms with van der Waals surface area (Å²) in [5, 5.41) is 0. The first-order valence-electron chi connectivity index (χ1n) is 11.9. The summed E-state index contributed by atoms with van der Waals surface area (Å²) in [5.74, 6) is 2.77. The summed E-state index contributed by atoms with van der Waals surface area (Å²) in [6, 6.07) is 14.7. The number of ether oxygens (including phenoxy) is 1. The summed E-state index contributed by atoms with van der Waals surface area (Å²) in [5.41, 5.74) is 4.54. The molecular weight excluding hydrogens is 398 g/mol. The van der Waals surface area contributed by atoms with Gasteiger partial charge in [-0.1, -0.05) is 51.5 Å². The van der Waals surface area contributed by atoms with Gasteiger partial charge < -0.3 is 14.2 Å². The van der Waals surface area contributed by atoms with Crippen molar-refractivity contribution in [3.8, 4) is 5.75 Å². The Balaban J connectivity index is 1.56. The number of imidazole rings is 1. The van der Waals surface area contributed by atoms with Crippen molar-refractivity contribution >= 4 is 16.9 Å². The van der Waals surface area contributed by atoms with Gasteiger partial charge >= 0.3 is 0 Å². The normalized spacial score (nSPS) is 16.5. The highest BCUT2D eigenvalue weighted by Crippen LogP contribution is 2.31. The summed E-state index contributed by atoms with van der Waals surface area (Å²) in [6.45, 7) is 11.5. The molecule has 0 aliphatic carbocycles. The van der Waals surface area contributed by atoms with Gasteiger partial charge in [0.05, 0.1) is 17.6 Å². The third-order valence-corrected chi connectivity index (χ3v) is 6.41. The molecule has 1 saturated heterocycles. The van der Waals surface area contributed by atoms with Gasteiger partial charge in [0, 0.05) is 25.4 Å². The van der Waals surface area contributed by atoms with Crippen LogP contribution in [0.15, 0.2) is 42.5 Å². The van der Waals surface area contributed by atoms with Crippen molar-refractivity contribution in [2.24, 2.45) is 0 Å². The van der Waals surface area contributed by atoms with Crippen molar-refractivity contribution in [1.29, 1.82) is 0 Å². The molecule has 0 unspecified atom stereocenters. The molecule has 0 saturated carbocycles. The van der Waals surface area contributed by atoms with Crippen LogP contribution < -0.4 is 4.74 Å². The minimum Gasteiger partial charge on any atom is -0.491 e. The van der Waals surface area contributed by atoms with Gasteiger partial charge in [0.25, 0.3) is 0 Å². The summed E-state index contributed by atoms with van der Waals surface area (Å²) in [4.78, 5) is 19.6. The van der Waals surface area contributed by atoms with E-state index in [0.717, 1.165) is 48.5 Å². The summed E-state index contributed by atoms with van der Waals surface area (Å²) >= 11 is 0. The van der Waals surface area contributed by atoms with E-state index in [0.29, 0.717) is 25.5 Å². The quantitative estimate of drug-likeness (QED) is 0.437. The molecule has 170 valence electrons. The number of carbonyl (C=O) groups excluding carboxylic acids is 1. The lowest BCUT2D eigenvalue weighted by atomic mass is 10.0. The van der Waals surface area contributed by atoms with Crippen LogP contribution in [-0.2, 0) is 11.3 Å². The number of carbonyl (C=O) groups is 1. The standard InChI is InChI=1S/C27H35N3O2/c1-5-6-13-29-18-21(17-26(29)31)27-28-23-9-7-8-10-24(23)30(27)14-15-32-25-16-20(4)11-12-22(25)19(2)3/h7-12,16,19,21H,5-6,13-15,17-18H2,1-4H3/t21-/m1/s1. The van der Waals surface area contributed by atoms with E-state index in [1.807, 2.05) is 11.0 Å². The monoisotopic (exact) mass is 433 g/mol. The first kappa shape index (κ1) is 22.4. The number of fused-ring (bicyclic) bond motifs is 1. The zero-order chi connectivity index (χ0) is 22.7. The van der Waals surface area contributed by atoms with Gasteiger partial charge in [-0.15, -0.1) is 0 Å². The second kappa shape index (κ2) is 9.76. The molecule has 1 amide bonds. The van der Waals surface area contributed by atoms with E-state index in [2.05, 4.69) is 68.7 Å². The van der Waals surface area contributed by atoms with Gasteiger partial charge in [-0.2, -0.15) is 0 Å². The molecule has 0 bridgehead atoms. The zero-order valence-electron chi connectivity index (χ0n) is 19.8. The fourth-order valence-corrected chi connectivity index (χ4v) is 4.64. The fraction of sp³-hybridized carbons (Fsp3) is 0.481. The number of nitrogens with zero attached hydrogens (tertiary/aromatic N) is 3. The fourth-order valence-electron chi connectivity index (χ4n) is 4.64. The van der Waals surface area contributed by atoms with Gasteiger partial charge in [0.1, 0.15) is 18.2 Å². The van der Waals surface area contributed by atoms with E-state index in [9.17, 15) is 4.79 Å². The lowest BCUT2D eigenvalue weighted by molar-refractivity contribution is -0.127. The van der Waals surface area contributed by atoms with E-state index in [1.54, 1.807) is 0 Å². The molecule has 0 spiro atoms. The van der Waals surface area contributed by atoms with Crippen molar-refractivity contribution < 1.29 is 9.53 Å². The Labute approximate surface area is 191 Å². The van der Waals surface area contributed by atoms with Crippen molar-refractivity contribution in [2.45, 2.75) is 65.3 Å². The average Bonchev–Trinajstić information content (AvgIpc) is 3.32. The van der Waals surface area contributed by atoms with Gasteiger partial charge in [-0.05, 0) is 48.6 Å². The summed E-state index contributed by atoms with van der Waals surface area (Å²) in [6.07, 6.45) is 2.70. The maximum atomic E-state index is 12.6. The number of aryl methyl sites for hydroxylation is 1. The SMILES string of the molecule is CCCCN1C[C@H](c2nc3ccccc3n2CCOc2cc(C)ccc2C(C)C)CC1=O. The number of likely N-dealkylation sites (tertiary alicyclic amines) is 1. The Morgan fingerprint density at radius 2 is 1.97 bits per heavy atom. The molecule has 3 aromatic rings. The Bertz CT molecular complexity index is 1090. The molecule has 1 aromatic heterocycles. The topological polar surface area (TPSA) is 47.4 Å². The predicted molar refractivity (Wildman–Crippen MR) is 129 cm³/mol. The largest absolute Gasteiger partial charge is 0.491 e. The lowest BCUT2D eigenvalue weighted by Gasteiger charge is -2.18. The molecular formula is C27H35N3O2. The van der Waals surface area contributed by atoms with Crippen LogP contribution >= 0.6 is 0 Å². The number of rotatable bonds is 9. The first-order valence-corrected chi connectivity index (χ1v) is 11.9. The van der Waals surface area contributed by atoms with Crippen LogP contribution in [0.2, 0.25) is 0 Å². The minimum absolute atomic E-state index is 0.136. The number of aromatic nitrogens is 2. The zero-order valence-corrected chi connectivity index (χ0v) is 19.8. The number of para-hydroxylation sites is 2. The first-order chi connectivity index (χ1) is 15.5. The highest BCUT2D eigenvalue weighted by Gasteiger charge is 2.33. The van der Waals surface area contributed by atoms with Crippen LogP contribution in [0.5, 0.6) is 5.75 Å². The summed E-state index contributed by atoms with van der Waals surface area (Å²) in [7, 11) is 0. The number of unbranched alkanes of at least 4 members (excludes halogenated alkanes) is 1. The minimum atomic E-state index is 0.136. The van der Waals surface area contributed by atoms with Gasteiger partial charge in [-0.3, -0.25) is 4.79 Å². The van der Waals surface area contributed by atoms with Gasteiger partial charge in [-0.25, -0.2) is 4.98 Å². The molecule has 1 aliphatic rings. The number of hydrogen-bond acceptors (Lipinski definition) is 3.